The van der Waals surface area contributed by atoms with E-state index in [1.54, 1.807) is 7.11 Å². The van der Waals surface area contributed by atoms with Gasteiger partial charge in [-0.05, 0) is 63.4 Å². The number of carbonyl (C=O) groups excluding carboxylic acids is 1. The van der Waals surface area contributed by atoms with Gasteiger partial charge in [-0.25, -0.2) is 0 Å². The highest BCUT2D eigenvalue weighted by atomic mass is 35.5. The molecule has 1 aliphatic rings. The van der Waals surface area contributed by atoms with Crippen molar-refractivity contribution in [3.8, 4) is 11.5 Å². The molecule has 6 nitrogen and oxygen atoms in total. The second kappa shape index (κ2) is 10.00. The van der Waals surface area contributed by atoms with Crippen LogP contribution in [0.15, 0.2) is 12.1 Å². The lowest BCUT2D eigenvalue weighted by atomic mass is 9.97. The van der Waals surface area contributed by atoms with Gasteiger partial charge in [0, 0.05) is 19.1 Å². The molecule has 1 aromatic rings. The van der Waals surface area contributed by atoms with E-state index in [0.29, 0.717) is 35.0 Å². The summed E-state index contributed by atoms with van der Waals surface area (Å²) in [4.78, 5) is 13.4. The first kappa shape index (κ1) is 20.8. The summed E-state index contributed by atoms with van der Waals surface area (Å²) in [7, 11) is 1.54. The van der Waals surface area contributed by atoms with Crippen molar-refractivity contribution in [1.82, 2.24) is 10.2 Å². The number of primary amides is 1. The summed E-state index contributed by atoms with van der Waals surface area (Å²) in [6.45, 7) is 8.30. The molecule has 0 aliphatic carbocycles. The predicted molar refractivity (Wildman–Crippen MR) is 104 cm³/mol. The lowest BCUT2D eigenvalue weighted by Crippen LogP contribution is -2.42. The van der Waals surface area contributed by atoms with Crippen LogP contribution >= 0.6 is 11.6 Å². The highest BCUT2D eigenvalue weighted by Gasteiger charge is 2.21. The number of nitrogens with one attached hydrogen (secondary N) is 1. The molecule has 1 saturated heterocycles. The van der Waals surface area contributed by atoms with Gasteiger partial charge in [0.05, 0.1) is 12.1 Å². The number of likely N-dealkylation sites (tertiary alicyclic amines) is 1. The Morgan fingerprint density at radius 1 is 1.46 bits per heavy atom. The number of benzene rings is 1. The van der Waals surface area contributed by atoms with Crippen LogP contribution in [0.2, 0.25) is 5.02 Å². The molecule has 0 saturated carbocycles. The zero-order valence-electron chi connectivity index (χ0n) is 15.9. The standard InChI is InChI=1S/C19H30ClN3O3/c1-13(2)23-6-4-5-14(11-23)9-22-10-15-7-16(20)19(17(8-15)25-3)26-12-18(21)24/h7-8,13-14,22H,4-6,9-12H2,1-3H3,(H2,21,24). The third kappa shape index (κ3) is 6.04. The Hall–Kier alpha value is -1.50. The summed E-state index contributed by atoms with van der Waals surface area (Å²) in [5.74, 6) is 0.953. The number of rotatable bonds is 9. The van der Waals surface area contributed by atoms with Gasteiger partial charge in [0.2, 0.25) is 0 Å². The first-order valence-electron chi connectivity index (χ1n) is 9.13. The van der Waals surface area contributed by atoms with E-state index in [1.807, 2.05) is 12.1 Å². The molecule has 2 rings (SSSR count). The third-order valence-electron chi connectivity index (χ3n) is 4.69. The second-order valence-corrected chi connectivity index (χ2v) is 7.50. The Kier molecular flexibility index (Phi) is 8.00. The molecule has 1 fully saturated rings. The van der Waals surface area contributed by atoms with Crippen molar-refractivity contribution in [2.24, 2.45) is 11.7 Å². The van der Waals surface area contributed by atoms with Gasteiger partial charge in [0.25, 0.3) is 5.91 Å². The fraction of sp³-hybridized carbons (Fsp3) is 0.632. The van der Waals surface area contributed by atoms with Crippen molar-refractivity contribution in [3.05, 3.63) is 22.7 Å². The molecule has 1 heterocycles. The number of carbonyl (C=O) groups is 1. The molecule has 0 radical (unpaired) electrons. The Morgan fingerprint density at radius 3 is 2.88 bits per heavy atom. The smallest absolute Gasteiger partial charge is 0.255 e. The summed E-state index contributed by atoms with van der Waals surface area (Å²) in [6.07, 6.45) is 2.52. The fourth-order valence-electron chi connectivity index (χ4n) is 3.31. The van der Waals surface area contributed by atoms with Crippen molar-refractivity contribution in [2.45, 2.75) is 39.3 Å². The molecule has 1 unspecified atom stereocenters. The lowest BCUT2D eigenvalue weighted by molar-refractivity contribution is -0.119. The van der Waals surface area contributed by atoms with Crippen LogP contribution in [-0.2, 0) is 11.3 Å². The maximum atomic E-state index is 10.9. The average Bonchev–Trinajstić information content (AvgIpc) is 2.60. The molecule has 1 amide bonds. The van der Waals surface area contributed by atoms with E-state index in [9.17, 15) is 4.79 Å². The zero-order chi connectivity index (χ0) is 19.1. The maximum absolute atomic E-state index is 10.9. The molecule has 1 aliphatic heterocycles. The normalized spacial score (nSPS) is 18.1. The number of nitrogens with zero attached hydrogens (tertiary/aromatic N) is 1. The highest BCUT2D eigenvalue weighted by molar-refractivity contribution is 6.32. The molecule has 146 valence electrons. The van der Waals surface area contributed by atoms with Crippen molar-refractivity contribution in [3.63, 3.8) is 0 Å². The van der Waals surface area contributed by atoms with Crippen LogP contribution in [0.5, 0.6) is 11.5 Å². The molecule has 1 aromatic carbocycles. The average molecular weight is 384 g/mol. The van der Waals surface area contributed by atoms with Crippen LogP contribution < -0.4 is 20.5 Å². The number of hydrogen-bond acceptors (Lipinski definition) is 5. The molecular formula is C19H30ClN3O3. The van der Waals surface area contributed by atoms with Crippen molar-refractivity contribution >= 4 is 17.5 Å². The minimum atomic E-state index is -0.559. The number of nitrogens with two attached hydrogens (primary N) is 1. The SMILES string of the molecule is COc1cc(CNCC2CCCN(C(C)C)C2)cc(Cl)c1OCC(N)=O. The lowest BCUT2D eigenvalue weighted by Gasteiger charge is -2.35. The van der Waals surface area contributed by atoms with Gasteiger partial charge in [0.1, 0.15) is 0 Å². The first-order chi connectivity index (χ1) is 12.4. The van der Waals surface area contributed by atoms with E-state index >= 15 is 0 Å². The molecule has 26 heavy (non-hydrogen) atoms. The summed E-state index contributed by atoms with van der Waals surface area (Å²) in [6, 6.07) is 4.30. The second-order valence-electron chi connectivity index (χ2n) is 7.09. The van der Waals surface area contributed by atoms with E-state index in [1.165, 1.54) is 19.4 Å². The van der Waals surface area contributed by atoms with E-state index < -0.39 is 5.91 Å². The van der Waals surface area contributed by atoms with Gasteiger partial charge in [-0.15, -0.1) is 0 Å². The van der Waals surface area contributed by atoms with Gasteiger partial charge in [-0.2, -0.15) is 0 Å². The molecular weight excluding hydrogens is 354 g/mol. The monoisotopic (exact) mass is 383 g/mol. The number of piperidine rings is 1. The number of amides is 1. The van der Waals surface area contributed by atoms with Gasteiger partial charge in [-0.1, -0.05) is 11.6 Å². The number of halogens is 1. The number of ether oxygens (including phenoxy) is 2. The largest absolute Gasteiger partial charge is 0.493 e. The molecule has 1 atom stereocenters. The Bertz CT molecular complexity index is 610. The molecule has 7 heteroatoms. The molecule has 0 aromatic heterocycles. The summed E-state index contributed by atoms with van der Waals surface area (Å²) < 4.78 is 10.7. The minimum Gasteiger partial charge on any atom is -0.493 e. The van der Waals surface area contributed by atoms with E-state index in [-0.39, 0.29) is 6.61 Å². The van der Waals surface area contributed by atoms with Crippen molar-refractivity contribution < 1.29 is 14.3 Å². The molecule has 3 N–H and O–H groups in total. The first-order valence-corrected chi connectivity index (χ1v) is 9.50. The molecule has 0 bridgehead atoms. The van der Waals surface area contributed by atoms with Gasteiger partial charge in [-0.3, -0.25) is 4.79 Å². The predicted octanol–water partition coefficient (Wildman–Crippen LogP) is 2.42. The third-order valence-corrected chi connectivity index (χ3v) is 4.97. The van der Waals surface area contributed by atoms with Crippen molar-refractivity contribution in [1.29, 1.82) is 0 Å². The minimum absolute atomic E-state index is 0.234. The number of methoxy groups -OCH3 is 1. The Labute approximate surface area is 161 Å². The Balaban J connectivity index is 1.91. The summed E-state index contributed by atoms with van der Waals surface area (Å²) >= 11 is 6.29. The highest BCUT2D eigenvalue weighted by Crippen LogP contribution is 2.36. The van der Waals surface area contributed by atoms with Crippen molar-refractivity contribution in [2.75, 3.05) is 33.4 Å². The molecule has 0 spiro atoms. The van der Waals surface area contributed by atoms with Crippen LogP contribution in [0.1, 0.15) is 32.3 Å². The van der Waals surface area contributed by atoms with E-state index in [4.69, 9.17) is 26.8 Å². The van der Waals surface area contributed by atoms with Crippen LogP contribution in [-0.4, -0.2) is 50.2 Å². The van der Waals surface area contributed by atoms with Crippen LogP contribution in [0.25, 0.3) is 0 Å². The van der Waals surface area contributed by atoms with E-state index in [0.717, 1.165) is 18.7 Å². The quantitative estimate of drug-likeness (QED) is 0.684. The topological polar surface area (TPSA) is 76.8 Å². The van der Waals surface area contributed by atoms with Crippen LogP contribution in [0, 0.1) is 5.92 Å². The maximum Gasteiger partial charge on any atom is 0.255 e. The van der Waals surface area contributed by atoms with Gasteiger partial charge in [0.15, 0.2) is 18.1 Å². The van der Waals surface area contributed by atoms with E-state index in [2.05, 4.69) is 24.1 Å². The van der Waals surface area contributed by atoms with Gasteiger partial charge < -0.3 is 25.4 Å². The summed E-state index contributed by atoms with van der Waals surface area (Å²) in [5.41, 5.74) is 6.12. The van der Waals surface area contributed by atoms with Gasteiger partial charge >= 0.3 is 0 Å². The van der Waals surface area contributed by atoms with Crippen LogP contribution in [0.4, 0.5) is 0 Å². The Morgan fingerprint density at radius 2 is 2.23 bits per heavy atom. The van der Waals surface area contributed by atoms with Crippen LogP contribution in [0.3, 0.4) is 0 Å². The zero-order valence-corrected chi connectivity index (χ0v) is 16.6. The number of hydrogen-bond donors (Lipinski definition) is 2. The summed E-state index contributed by atoms with van der Waals surface area (Å²) in [5, 5.41) is 3.93. The fourth-order valence-corrected chi connectivity index (χ4v) is 3.60.